The lowest BCUT2D eigenvalue weighted by molar-refractivity contribution is 0.401. The molecule has 2 aliphatic rings. The third-order valence-corrected chi connectivity index (χ3v) is 6.34. The van der Waals surface area contributed by atoms with Gasteiger partial charge in [0.05, 0.1) is 33.5 Å². The van der Waals surface area contributed by atoms with E-state index in [0.717, 1.165) is 61.8 Å². The number of anilines is 2. The first-order chi connectivity index (χ1) is 14.4. The number of piperidine rings is 1. The molecule has 30 heavy (non-hydrogen) atoms. The number of nitrogens with one attached hydrogen (secondary N) is 2. The van der Waals surface area contributed by atoms with Crippen molar-refractivity contribution in [3.05, 3.63) is 59.1 Å². The molecule has 0 aliphatic carbocycles. The predicted octanol–water partition coefficient (Wildman–Crippen LogP) is 4.61. The third kappa shape index (κ3) is 4.92. The summed E-state index contributed by atoms with van der Waals surface area (Å²) in [6.07, 6.45) is 7.46. The van der Waals surface area contributed by atoms with Crippen molar-refractivity contribution < 1.29 is 0 Å². The van der Waals surface area contributed by atoms with Gasteiger partial charge in [0.15, 0.2) is 0 Å². The SMILES string of the molecule is C=C/C=C(\C=C)CN=C1N(CCN(C)C)c2cc(Cl)c(Cl)cc2NC12CCNCC2. The summed E-state index contributed by atoms with van der Waals surface area (Å²) in [4.78, 5) is 9.62. The Morgan fingerprint density at radius 1 is 1.23 bits per heavy atom. The van der Waals surface area contributed by atoms with E-state index in [1.807, 2.05) is 24.3 Å². The number of nitrogens with zero attached hydrogens (tertiary/aromatic N) is 3. The summed E-state index contributed by atoms with van der Waals surface area (Å²) in [7, 11) is 4.16. The van der Waals surface area contributed by atoms with E-state index in [0.29, 0.717) is 16.6 Å². The molecule has 1 saturated heterocycles. The summed E-state index contributed by atoms with van der Waals surface area (Å²) in [6.45, 7) is 11.8. The van der Waals surface area contributed by atoms with Crippen LogP contribution in [0, 0.1) is 0 Å². The Labute approximate surface area is 190 Å². The Morgan fingerprint density at radius 3 is 2.57 bits per heavy atom. The molecule has 0 unspecified atom stereocenters. The van der Waals surface area contributed by atoms with Gasteiger partial charge in [-0.25, -0.2) is 0 Å². The first kappa shape index (κ1) is 22.9. The summed E-state index contributed by atoms with van der Waals surface area (Å²) in [5.41, 5.74) is 2.81. The Balaban J connectivity index is 2.12. The maximum Gasteiger partial charge on any atom is 0.130 e. The number of amidine groups is 1. The molecule has 0 amide bonds. The van der Waals surface area contributed by atoms with Crippen molar-refractivity contribution in [1.82, 2.24) is 10.2 Å². The van der Waals surface area contributed by atoms with Crippen LogP contribution in [-0.4, -0.2) is 63.1 Å². The van der Waals surface area contributed by atoms with Gasteiger partial charge in [0, 0.05) is 13.1 Å². The molecule has 0 radical (unpaired) electrons. The number of rotatable bonds is 7. The van der Waals surface area contributed by atoms with E-state index in [1.165, 1.54) is 0 Å². The van der Waals surface area contributed by atoms with E-state index >= 15 is 0 Å². The molecular weight excluding hydrogens is 417 g/mol. The van der Waals surface area contributed by atoms with Crippen molar-refractivity contribution in [2.24, 2.45) is 4.99 Å². The van der Waals surface area contributed by atoms with Crippen molar-refractivity contribution in [3.8, 4) is 0 Å². The van der Waals surface area contributed by atoms with Gasteiger partial charge in [0.25, 0.3) is 0 Å². The number of hydrogen-bond acceptors (Lipinski definition) is 4. The predicted molar refractivity (Wildman–Crippen MR) is 132 cm³/mol. The van der Waals surface area contributed by atoms with Gasteiger partial charge in [-0.05, 0) is 57.7 Å². The molecule has 5 nitrogen and oxygen atoms in total. The number of halogens is 2. The van der Waals surface area contributed by atoms with Crippen molar-refractivity contribution in [3.63, 3.8) is 0 Å². The number of allylic oxidation sites excluding steroid dienone is 2. The molecule has 2 aliphatic heterocycles. The molecule has 162 valence electrons. The van der Waals surface area contributed by atoms with Crippen molar-refractivity contribution in [2.75, 3.05) is 57.0 Å². The lowest BCUT2D eigenvalue weighted by Crippen LogP contribution is -2.62. The van der Waals surface area contributed by atoms with E-state index in [4.69, 9.17) is 28.2 Å². The molecule has 1 spiro atoms. The number of benzene rings is 1. The highest BCUT2D eigenvalue weighted by molar-refractivity contribution is 6.42. The zero-order valence-electron chi connectivity index (χ0n) is 17.8. The molecule has 1 fully saturated rings. The van der Waals surface area contributed by atoms with Crippen LogP contribution in [0.4, 0.5) is 11.4 Å². The topological polar surface area (TPSA) is 42.9 Å². The van der Waals surface area contributed by atoms with Crippen molar-refractivity contribution in [2.45, 2.75) is 18.4 Å². The first-order valence-corrected chi connectivity index (χ1v) is 11.0. The van der Waals surface area contributed by atoms with E-state index in [-0.39, 0.29) is 5.54 Å². The van der Waals surface area contributed by atoms with Gasteiger partial charge in [0.1, 0.15) is 5.84 Å². The summed E-state index contributed by atoms with van der Waals surface area (Å²) in [6, 6.07) is 3.88. The van der Waals surface area contributed by atoms with Crippen LogP contribution in [0.1, 0.15) is 12.8 Å². The molecule has 0 atom stereocenters. The minimum Gasteiger partial charge on any atom is -0.371 e. The second-order valence-electron chi connectivity index (χ2n) is 8.02. The fourth-order valence-electron chi connectivity index (χ4n) is 4.01. The highest BCUT2D eigenvalue weighted by Crippen LogP contribution is 2.43. The molecule has 1 aromatic carbocycles. The maximum absolute atomic E-state index is 6.41. The number of hydrogen-bond donors (Lipinski definition) is 2. The Morgan fingerprint density at radius 2 is 1.93 bits per heavy atom. The van der Waals surface area contributed by atoms with Gasteiger partial charge in [-0.3, -0.25) is 4.99 Å². The van der Waals surface area contributed by atoms with Gasteiger partial charge in [0.2, 0.25) is 0 Å². The third-order valence-electron chi connectivity index (χ3n) is 5.62. The van der Waals surface area contributed by atoms with E-state index in [1.54, 1.807) is 6.08 Å². The van der Waals surface area contributed by atoms with E-state index in [9.17, 15) is 0 Å². The quantitative estimate of drug-likeness (QED) is 0.599. The number of likely N-dealkylation sites (N-methyl/N-ethyl adjacent to an activating group) is 1. The Bertz CT molecular complexity index is 853. The molecule has 0 saturated carbocycles. The van der Waals surface area contributed by atoms with Gasteiger partial charge in [-0.1, -0.05) is 54.6 Å². The van der Waals surface area contributed by atoms with Crippen LogP contribution in [0.2, 0.25) is 10.0 Å². The highest BCUT2D eigenvalue weighted by atomic mass is 35.5. The second-order valence-corrected chi connectivity index (χ2v) is 8.83. The van der Waals surface area contributed by atoms with Crippen LogP contribution in [-0.2, 0) is 0 Å². The fourth-order valence-corrected chi connectivity index (χ4v) is 4.34. The van der Waals surface area contributed by atoms with Crippen LogP contribution < -0.4 is 15.5 Å². The second kappa shape index (κ2) is 10.0. The smallest absolute Gasteiger partial charge is 0.130 e. The van der Waals surface area contributed by atoms with E-state index in [2.05, 4.69) is 47.7 Å². The van der Waals surface area contributed by atoms with Crippen LogP contribution in [0.25, 0.3) is 0 Å². The van der Waals surface area contributed by atoms with Crippen LogP contribution in [0.5, 0.6) is 0 Å². The van der Waals surface area contributed by atoms with Gasteiger partial charge in [-0.2, -0.15) is 0 Å². The van der Waals surface area contributed by atoms with Gasteiger partial charge < -0.3 is 20.4 Å². The standard InChI is InChI=1S/C23H31Cl2N5/c1-5-7-17(6-2)16-27-22-23(8-10-26-11-9-23)28-20-14-18(24)19(25)15-21(20)30(22)13-12-29(3)4/h5-7,14-15,26,28H,1-2,8-13,16H2,3-4H3/b17-7+,27-22?. The summed E-state index contributed by atoms with van der Waals surface area (Å²) >= 11 is 12.8. The van der Waals surface area contributed by atoms with Crippen LogP contribution >= 0.6 is 23.2 Å². The normalized spacial score (nSPS) is 19.7. The molecule has 7 heteroatoms. The zero-order valence-corrected chi connectivity index (χ0v) is 19.4. The average molecular weight is 448 g/mol. The maximum atomic E-state index is 6.41. The van der Waals surface area contributed by atoms with E-state index < -0.39 is 0 Å². The Hall–Kier alpha value is -1.79. The van der Waals surface area contributed by atoms with Crippen LogP contribution in [0.15, 0.2) is 54.1 Å². The zero-order chi connectivity index (χ0) is 21.7. The summed E-state index contributed by atoms with van der Waals surface area (Å²) in [5.74, 6) is 1.05. The molecule has 3 rings (SSSR count). The van der Waals surface area contributed by atoms with Crippen molar-refractivity contribution >= 4 is 40.4 Å². The molecule has 2 N–H and O–H groups in total. The average Bonchev–Trinajstić information content (AvgIpc) is 2.72. The lowest BCUT2D eigenvalue weighted by Gasteiger charge is -2.49. The molecule has 2 heterocycles. The highest BCUT2D eigenvalue weighted by Gasteiger charge is 2.44. The molecule has 0 bridgehead atoms. The minimum absolute atomic E-state index is 0.248. The minimum atomic E-state index is -0.248. The largest absolute Gasteiger partial charge is 0.371 e. The number of aliphatic imine (C=N–C) groups is 1. The lowest BCUT2D eigenvalue weighted by atomic mass is 9.83. The molecule has 0 aromatic heterocycles. The molecular formula is C23H31Cl2N5. The van der Waals surface area contributed by atoms with Gasteiger partial charge >= 0.3 is 0 Å². The summed E-state index contributed by atoms with van der Waals surface area (Å²) < 4.78 is 0. The van der Waals surface area contributed by atoms with Gasteiger partial charge in [-0.15, -0.1) is 0 Å². The summed E-state index contributed by atoms with van der Waals surface area (Å²) in [5, 5.41) is 8.37. The first-order valence-electron chi connectivity index (χ1n) is 10.3. The van der Waals surface area contributed by atoms with Crippen LogP contribution in [0.3, 0.4) is 0 Å². The number of fused-ring (bicyclic) bond motifs is 1. The Kier molecular flexibility index (Phi) is 7.64. The molecule has 1 aromatic rings. The monoisotopic (exact) mass is 447 g/mol. The fraction of sp³-hybridized carbons (Fsp3) is 0.435. The van der Waals surface area contributed by atoms with Crippen molar-refractivity contribution in [1.29, 1.82) is 0 Å².